The number of hydrogen-bond donors (Lipinski definition) is 0. The van der Waals surface area contributed by atoms with Crippen molar-refractivity contribution in [3.05, 3.63) is 53.2 Å². The Balaban J connectivity index is 1.48. The number of rotatable bonds is 9. The maximum absolute atomic E-state index is 12.5. The zero-order chi connectivity index (χ0) is 23.2. The molecule has 1 saturated heterocycles. The summed E-state index contributed by atoms with van der Waals surface area (Å²) in [4.78, 5) is 21.5. The molecule has 1 aliphatic heterocycles. The summed E-state index contributed by atoms with van der Waals surface area (Å²) in [6, 6.07) is 14.5. The first-order chi connectivity index (χ1) is 16.1. The van der Waals surface area contributed by atoms with Crippen LogP contribution >= 0.6 is 0 Å². The van der Waals surface area contributed by atoms with Crippen molar-refractivity contribution < 1.29 is 14.3 Å². The van der Waals surface area contributed by atoms with Gasteiger partial charge in [-0.05, 0) is 25.3 Å². The largest absolute Gasteiger partial charge is 0.491 e. The average Bonchev–Trinajstić information content (AvgIpc) is 3.68. The molecule has 1 saturated carbocycles. The molecule has 4 rings (SSSR count). The maximum Gasteiger partial charge on any atom is 0.225 e. The highest BCUT2D eigenvalue weighted by Gasteiger charge is 2.33. The predicted octanol–water partition coefficient (Wildman–Crippen LogP) is 3.53. The molecular weight excluding hydrogens is 416 g/mol. The number of nitriles is 1. The minimum atomic E-state index is 0.0441. The molecule has 1 aliphatic carbocycles. The van der Waals surface area contributed by atoms with Gasteiger partial charge in [-0.3, -0.25) is 4.79 Å². The van der Waals surface area contributed by atoms with Gasteiger partial charge in [-0.1, -0.05) is 30.3 Å². The molecule has 1 aromatic heterocycles. The smallest absolute Gasteiger partial charge is 0.225 e. The van der Waals surface area contributed by atoms with Gasteiger partial charge in [0.2, 0.25) is 5.91 Å². The second kappa shape index (κ2) is 10.7. The van der Waals surface area contributed by atoms with Crippen LogP contribution in [0.2, 0.25) is 0 Å². The highest BCUT2D eigenvalue weighted by atomic mass is 16.5. The molecule has 174 valence electrons. The molecule has 2 heterocycles. The van der Waals surface area contributed by atoms with Gasteiger partial charge in [0.1, 0.15) is 17.6 Å². The first-order valence-electron chi connectivity index (χ1n) is 11.8. The van der Waals surface area contributed by atoms with E-state index >= 15 is 0 Å². The highest BCUT2D eigenvalue weighted by molar-refractivity contribution is 5.77. The molecule has 1 aromatic carbocycles. The van der Waals surface area contributed by atoms with E-state index in [0.29, 0.717) is 56.6 Å². The van der Waals surface area contributed by atoms with Gasteiger partial charge in [-0.15, -0.1) is 0 Å². The molecule has 0 bridgehead atoms. The Morgan fingerprint density at radius 2 is 2.00 bits per heavy atom. The van der Waals surface area contributed by atoms with Gasteiger partial charge < -0.3 is 19.3 Å². The van der Waals surface area contributed by atoms with Crippen LogP contribution in [0.3, 0.4) is 0 Å². The molecule has 0 spiro atoms. The fourth-order valence-electron chi connectivity index (χ4n) is 4.36. The lowest BCUT2D eigenvalue weighted by molar-refractivity contribution is -0.134. The summed E-state index contributed by atoms with van der Waals surface area (Å²) in [5, 5.41) is 9.87. The second-order valence-corrected chi connectivity index (χ2v) is 8.84. The van der Waals surface area contributed by atoms with Crippen molar-refractivity contribution >= 4 is 11.7 Å². The molecule has 7 nitrogen and oxygen atoms in total. The average molecular weight is 449 g/mol. The number of aromatic nitrogens is 1. The van der Waals surface area contributed by atoms with Crippen LogP contribution in [0, 0.1) is 11.3 Å². The minimum absolute atomic E-state index is 0.0441. The van der Waals surface area contributed by atoms with Crippen LogP contribution in [0.5, 0.6) is 5.75 Å². The number of ether oxygens (including phenoxy) is 2. The number of nitrogens with zero attached hydrogens (tertiary/aromatic N) is 4. The number of piperazine rings is 1. The summed E-state index contributed by atoms with van der Waals surface area (Å²) in [6.07, 6.45) is 3.41. The van der Waals surface area contributed by atoms with Crippen molar-refractivity contribution in [1.29, 1.82) is 5.26 Å². The van der Waals surface area contributed by atoms with Gasteiger partial charge in [0.15, 0.2) is 0 Å². The van der Waals surface area contributed by atoms with Crippen molar-refractivity contribution in [1.82, 2.24) is 9.88 Å². The molecule has 0 radical (unpaired) electrons. The van der Waals surface area contributed by atoms with E-state index in [-0.39, 0.29) is 11.9 Å². The zero-order valence-electron chi connectivity index (χ0n) is 19.5. The molecule has 2 fully saturated rings. The van der Waals surface area contributed by atoms with Gasteiger partial charge in [0.05, 0.1) is 30.9 Å². The molecule has 0 unspecified atom stereocenters. The molecule has 0 N–H and O–H groups in total. The SMILES string of the molecule is COCCC(=O)N1CCN(c2nc(C3CC3)c(OCCc3ccccc3)cc2C#N)C[C@H]1C. The van der Waals surface area contributed by atoms with E-state index < -0.39 is 0 Å². The number of pyridine rings is 1. The maximum atomic E-state index is 12.5. The lowest BCUT2D eigenvalue weighted by Gasteiger charge is -2.40. The second-order valence-electron chi connectivity index (χ2n) is 8.84. The Labute approximate surface area is 195 Å². The van der Waals surface area contributed by atoms with E-state index in [1.54, 1.807) is 7.11 Å². The van der Waals surface area contributed by atoms with E-state index in [1.807, 2.05) is 36.1 Å². The summed E-state index contributed by atoms with van der Waals surface area (Å²) in [7, 11) is 1.61. The first kappa shape index (κ1) is 23.1. The quantitative estimate of drug-likeness (QED) is 0.584. The zero-order valence-corrected chi connectivity index (χ0v) is 19.5. The van der Waals surface area contributed by atoms with Crippen LogP contribution in [0.4, 0.5) is 5.82 Å². The van der Waals surface area contributed by atoms with Gasteiger partial charge in [-0.25, -0.2) is 4.98 Å². The molecule has 2 aromatic rings. The lowest BCUT2D eigenvalue weighted by atomic mass is 10.1. The summed E-state index contributed by atoms with van der Waals surface area (Å²) in [5.41, 5.74) is 2.71. The Hall–Kier alpha value is -3.11. The number of methoxy groups -OCH3 is 1. The monoisotopic (exact) mass is 448 g/mol. The summed E-state index contributed by atoms with van der Waals surface area (Å²) in [5.74, 6) is 1.96. The third-order valence-electron chi connectivity index (χ3n) is 6.34. The highest BCUT2D eigenvalue weighted by Crippen LogP contribution is 2.44. The number of amides is 1. The summed E-state index contributed by atoms with van der Waals surface area (Å²) < 4.78 is 11.2. The normalized spacial score (nSPS) is 18.2. The summed E-state index contributed by atoms with van der Waals surface area (Å²) in [6.45, 7) is 4.95. The van der Waals surface area contributed by atoms with E-state index in [1.165, 1.54) is 5.56 Å². The van der Waals surface area contributed by atoms with Crippen molar-refractivity contribution in [2.75, 3.05) is 44.9 Å². The van der Waals surface area contributed by atoms with Crippen LogP contribution in [0.1, 0.15) is 48.9 Å². The lowest BCUT2D eigenvalue weighted by Crippen LogP contribution is -2.54. The van der Waals surface area contributed by atoms with E-state index in [2.05, 4.69) is 23.1 Å². The number of anilines is 1. The Morgan fingerprint density at radius 1 is 1.21 bits per heavy atom. The van der Waals surface area contributed by atoms with E-state index in [4.69, 9.17) is 14.5 Å². The van der Waals surface area contributed by atoms with E-state index in [0.717, 1.165) is 30.7 Å². The summed E-state index contributed by atoms with van der Waals surface area (Å²) >= 11 is 0. The fraction of sp³-hybridized carbons (Fsp3) is 0.500. The van der Waals surface area contributed by atoms with Crippen molar-refractivity contribution in [3.8, 4) is 11.8 Å². The van der Waals surface area contributed by atoms with Crippen molar-refractivity contribution in [2.45, 2.75) is 44.6 Å². The number of benzene rings is 1. The number of carbonyl (C=O) groups excluding carboxylic acids is 1. The van der Waals surface area contributed by atoms with Crippen molar-refractivity contribution in [3.63, 3.8) is 0 Å². The van der Waals surface area contributed by atoms with Gasteiger partial charge in [0, 0.05) is 51.2 Å². The number of carbonyl (C=O) groups is 1. The topological polar surface area (TPSA) is 78.7 Å². The minimum Gasteiger partial charge on any atom is -0.491 e. The third kappa shape index (κ3) is 5.63. The molecule has 7 heteroatoms. The molecule has 1 atom stereocenters. The Bertz CT molecular complexity index is 1000. The fourth-order valence-corrected chi connectivity index (χ4v) is 4.36. The predicted molar refractivity (Wildman–Crippen MR) is 126 cm³/mol. The van der Waals surface area contributed by atoms with Crippen LogP contribution in [0.15, 0.2) is 36.4 Å². The van der Waals surface area contributed by atoms with Crippen LogP contribution in [0.25, 0.3) is 0 Å². The van der Waals surface area contributed by atoms with E-state index in [9.17, 15) is 10.1 Å². The third-order valence-corrected chi connectivity index (χ3v) is 6.34. The van der Waals surface area contributed by atoms with Crippen LogP contribution in [-0.2, 0) is 16.0 Å². The van der Waals surface area contributed by atoms with Gasteiger partial charge >= 0.3 is 0 Å². The van der Waals surface area contributed by atoms with Gasteiger partial charge in [-0.2, -0.15) is 5.26 Å². The van der Waals surface area contributed by atoms with Gasteiger partial charge in [0.25, 0.3) is 0 Å². The molecular formula is C26H32N4O3. The van der Waals surface area contributed by atoms with Crippen LogP contribution < -0.4 is 9.64 Å². The molecule has 2 aliphatic rings. The molecule has 1 amide bonds. The van der Waals surface area contributed by atoms with Crippen molar-refractivity contribution in [2.24, 2.45) is 0 Å². The van der Waals surface area contributed by atoms with Crippen LogP contribution in [-0.4, -0.2) is 61.8 Å². The Morgan fingerprint density at radius 3 is 2.67 bits per heavy atom. The first-order valence-corrected chi connectivity index (χ1v) is 11.8. The number of hydrogen-bond acceptors (Lipinski definition) is 6. The molecule has 33 heavy (non-hydrogen) atoms. The standard InChI is InChI=1S/C26H32N4O3/c1-19-18-29(12-13-30(19)24(31)11-14-32-2)26-22(17-27)16-23(25(28-26)21-8-9-21)33-15-10-20-6-4-3-5-7-20/h3-7,16,19,21H,8-15,18H2,1-2H3/t19-/m1/s1. The Kier molecular flexibility index (Phi) is 7.46.